The molecule has 0 saturated carbocycles. The van der Waals surface area contributed by atoms with E-state index in [1.807, 2.05) is 25.1 Å². The van der Waals surface area contributed by atoms with Crippen molar-refractivity contribution < 1.29 is 14.6 Å². The highest BCUT2D eigenvalue weighted by Gasteiger charge is 2.00. The number of aryl methyl sites for hydroxylation is 1. The Morgan fingerprint density at radius 2 is 2.07 bits per heavy atom. The molecule has 1 aromatic carbocycles. The second-order valence-electron chi connectivity index (χ2n) is 3.10. The summed E-state index contributed by atoms with van der Waals surface area (Å²) in [6.45, 7) is 3.12. The first-order valence-electron chi connectivity index (χ1n) is 4.60. The van der Waals surface area contributed by atoms with Crippen LogP contribution in [-0.4, -0.2) is 25.4 Å². The number of hydrogen-bond acceptors (Lipinski definition) is 3. The molecule has 1 aromatic rings. The molecule has 3 heteroatoms. The van der Waals surface area contributed by atoms with Gasteiger partial charge in [0, 0.05) is 7.11 Å². The van der Waals surface area contributed by atoms with Gasteiger partial charge in [0.1, 0.15) is 12.4 Å². The number of ether oxygens (including phenoxy) is 2. The fourth-order valence-corrected chi connectivity index (χ4v) is 1.13. The third kappa shape index (κ3) is 3.01. The molecule has 0 aliphatic carbocycles. The number of aliphatic hydroxyl groups excluding tert-OH is 1. The maximum Gasteiger partial charge on any atom is 0.122 e. The van der Waals surface area contributed by atoms with Gasteiger partial charge >= 0.3 is 0 Å². The van der Waals surface area contributed by atoms with E-state index in [9.17, 15) is 0 Å². The lowest BCUT2D eigenvalue weighted by Gasteiger charge is -2.09. The Bertz CT molecular complexity index is 284. The van der Waals surface area contributed by atoms with Crippen molar-refractivity contribution in [1.82, 2.24) is 0 Å². The fourth-order valence-electron chi connectivity index (χ4n) is 1.13. The Morgan fingerprint density at radius 3 is 2.71 bits per heavy atom. The average Bonchev–Trinajstić information content (AvgIpc) is 2.21. The van der Waals surface area contributed by atoms with Gasteiger partial charge in [-0.25, -0.2) is 0 Å². The highest BCUT2D eigenvalue weighted by atomic mass is 16.5. The van der Waals surface area contributed by atoms with Crippen molar-refractivity contribution in [2.45, 2.75) is 13.5 Å². The number of hydrogen-bond donors (Lipinski definition) is 1. The number of benzene rings is 1. The quantitative estimate of drug-likeness (QED) is 0.725. The van der Waals surface area contributed by atoms with E-state index in [2.05, 4.69) is 0 Å². The van der Waals surface area contributed by atoms with E-state index in [0.717, 1.165) is 16.9 Å². The zero-order valence-corrected chi connectivity index (χ0v) is 8.62. The Labute approximate surface area is 84.3 Å². The molecule has 0 aliphatic rings. The van der Waals surface area contributed by atoms with E-state index in [1.165, 1.54) is 0 Å². The van der Waals surface area contributed by atoms with Crippen molar-refractivity contribution in [2.24, 2.45) is 0 Å². The second kappa shape index (κ2) is 5.62. The minimum absolute atomic E-state index is 0.0426. The van der Waals surface area contributed by atoms with E-state index >= 15 is 0 Å². The first-order valence-corrected chi connectivity index (χ1v) is 4.60. The molecule has 0 heterocycles. The largest absolute Gasteiger partial charge is 0.491 e. The molecule has 0 aliphatic heterocycles. The Kier molecular flexibility index (Phi) is 4.43. The van der Waals surface area contributed by atoms with Crippen LogP contribution in [0.25, 0.3) is 0 Å². The molecule has 1 N–H and O–H groups in total. The van der Waals surface area contributed by atoms with E-state index in [0.29, 0.717) is 13.2 Å². The number of aliphatic hydroxyl groups is 1. The van der Waals surface area contributed by atoms with Gasteiger partial charge in [0.15, 0.2) is 0 Å². The Morgan fingerprint density at radius 1 is 1.29 bits per heavy atom. The van der Waals surface area contributed by atoms with E-state index in [-0.39, 0.29) is 6.61 Å². The summed E-state index contributed by atoms with van der Waals surface area (Å²) >= 11 is 0. The topological polar surface area (TPSA) is 38.7 Å². The van der Waals surface area contributed by atoms with Crippen LogP contribution in [0.3, 0.4) is 0 Å². The lowest BCUT2D eigenvalue weighted by atomic mass is 10.1. The van der Waals surface area contributed by atoms with Crippen LogP contribution in [0.2, 0.25) is 0 Å². The summed E-state index contributed by atoms with van der Waals surface area (Å²) in [5, 5.41) is 8.94. The third-order valence-electron chi connectivity index (χ3n) is 1.98. The Balaban J connectivity index is 2.64. The van der Waals surface area contributed by atoms with Crippen LogP contribution < -0.4 is 4.74 Å². The number of rotatable bonds is 5. The zero-order valence-electron chi connectivity index (χ0n) is 8.62. The smallest absolute Gasteiger partial charge is 0.122 e. The van der Waals surface area contributed by atoms with Crippen molar-refractivity contribution >= 4 is 0 Å². The fraction of sp³-hybridized carbons (Fsp3) is 0.455. The predicted molar refractivity (Wildman–Crippen MR) is 54.5 cm³/mol. The molecule has 0 saturated heterocycles. The van der Waals surface area contributed by atoms with E-state index in [4.69, 9.17) is 14.6 Å². The van der Waals surface area contributed by atoms with Crippen LogP contribution in [0.15, 0.2) is 18.2 Å². The van der Waals surface area contributed by atoms with Crippen molar-refractivity contribution in [3.05, 3.63) is 29.3 Å². The Hall–Kier alpha value is -1.06. The summed E-state index contributed by atoms with van der Waals surface area (Å²) in [6, 6.07) is 5.68. The minimum atomic E-state index is 0.0426. The van der Waals surface area contributed by atoms with Crippen molar-refractivity contribution in [3.63, 3.8) is 0 Å². The third-order valence-corrected chi connectivity index (χ3v) is 1.98. The van der Waals surface area contributed by atoms with Gasteiger partial charge in [0.2, 0.25) is 0 Å². The van der Waals surface area contributed by atoms with Crippen LogP contribution in [0.4, 0.5) is 0 Å². The molecule has 0 unspecified atom stereocenters. The van der Waals surface area contributed by atoms with Gasteiger partial charge in [0.25, 0.3) is 0 Å². The zero-order chi connectivity index (χ0) is 10.4. The van der Waals surface area contributed by atoms with Gasteiger partial charge in [-0.15, -0.1) is 0 Å². The van der Waals surface area contributed by atoms with Crippen LogP contribution >= 0.6 is 0 Å². The molecular weight excluding hydrogens is 180 g/mol. The molecule has 14 heavy (non-hydrogen) atoms. The van der Waals surface area contributed by atoms with Gasteiger partial charge in [-0.05, 0) is 24.1 Å². The SMILES string of the molecule is COCCOc1cc(CO)ccc1C. The molecule has 3 nitrogen and oxygen atoms in total. The van der Waals surface area contributed by atoms with Crippen molar-refractivity contribution in [2.75, 3.05) is 20.3 Å². The molecule has 0 aromatic heterocycles. The van der Waals surface area contributed by atoms with E-state index in [1.54, 1.807) is 7.11 Å². The summed E-state index contributed by atoms with van der Waals surface area (Å²) in [5.41, 5.74) is 1.93. The van der Waals surface area contributed by atoms with Gasteiger partial charge < -0.3 is 14.6 Å². The van der Waals surface area contributed by atoms with Crippen molar-refractivity contribution in [3.8, 4) is 5.75 Å². The molecule has 0 spiro atoms. The molecule has 0 fully saturated rings. The lowest BCUT2D eigenvalue weighted by molar-refractivity contribution is 0.146. The normalized spacial score (nSPS) is 10.2. The second-order valence-corrected chi connectivity index (χ2v) is 3.10. The maximum atomic E-state index is 8.94. The lowest BCUT2D eigenvalue weighted by Crippen LogP contribution is -2.05. The van der Waals surface area contributed by atoms with Crippen LogP contribution in [0.5, 0.6) is 5.75 Å². The molecule has 0 amide bonds. The van der Waals surface area contributed by atoms with Gasteiger partial charge in [-0.1, -0.05) is 12.1 Å². The summed E-state index contributed by atoms with van der Waals surface area (Å²) < 4.78 is 10.4. The van der Waals surface area contributed by atoms with Crippen LogP contribution in [-0.2, 0) is 11.3 Å². The highest BCUT2D eigenvalue weighted by molar-refractivity contribution is 5.36. The molecule has 0 radical (unpaired) electrons. The van der Waals surface area contributed by atoms with Crippen LogP contribution in [0, 0.1) is 6.92 Å². The maximum absolute atomic E-state index is 8.94. The standard InChI is InChI=1S/C11H16O3/c1-9-3-4-10(8-12)7-11(9)14-6-5-13-2/h3-4,7,12H,5-6,8H2,1-2H3. The van der Waals surface area contributed by atoms with E-state index < -0.39 is 0 Å². The summed E-state index contributed by atoms with van der Waals surface area (Å²) in [6.07, 6.45) is 0. The van der Waals surface area contributed by atoms with Gasteiger partial charge in [-0.3, -0.25) is 0 Å². The average molecular weight is 196 g/mol. The molecule has 78 valence electrons. The number of methoxy groups -OCH3 is 1. The molecule has 0 atom stereocenters. The first kappa shape index (κ1) is 11.0. The first-order chi connectivity index (χ1) is 6.77. The highest BCUT2D eigenvalue weighted by Crippen LogP contribution is 2.19. The predicted octanol–water partition coefficient (Wildman–Crippen LogP) is 1.51. The molecular formula is C11H16O3. The van der Waals surface area contributed by atoms with Gasteiger partial charge in [-0.2, -0.15) is 0 Å². The minimum Gasteiger partial charge on any atom is -0.491 e. The molecule has 0 bridgehead atoms. The van der Waals surface area contributed by atoms with Crippen molar-refractivity contribution in [1.29, 1.82) is 0 Å². The van der Waals surface area contributed by atoms with Crippen LogP contribution in [0.1, 0.15) is 11.1 Å². The van der Waals surface area contributed by atoms with Gasteiger partial charge in [0.05, 0.1) is 13.2 Å². The summed E-state index contributed by atoms with van der Waals surface area (Å²) in [4.78, 5) is 0. The molecule has 1 rings (SSSR count). The summed E-state index contributed by atoms with van der Waals surface area (Å²) in [5.74, 6) is 0.814. The monoisotopic (exact) mass is 196 g/mol. The summed E-state index contributed by atoms with van der Waals surface area (Å²) in [7, 11) is 1.64.